The summed E-state index contributed by atoms with van der Waals surface area (Å²) in [5.74, 6) is 0.0356. The number of rotatable bonds is 2. The van der Waals surface area contributed by atoms with Crippen LogP contribution in [0.1, 0.15) is 38.3 Å². The first-order valence-electron chi connectivity index (χ1n) is 6.09. The van der Waals surface area contributed by atoms with Gasteiger partial charge in [0.15, 0.2) is 0 Å². The van der Waals surface area contributed by atoms with E-state index in [1.807, 2.05) is 38.1 Å². The molecule has 0 bridgehead atoms. The van der Waals surface area contributed by atoms with Crippen molar-refractivity contribution in [1.29, 1.82) is 0 Å². The standard InChI is InChI=1S/C14H16BrNO2/c1-9-6-13(17)16(14(18)7-9)10(2)11-4-3-5-12(15)8-11/h3-5,8-10H,6-7H2,1-2H3. The molecule has 1 heterocycles. The molecule has 4 heteroatoms. The summed E-state index contributed by atoms with van der Waals surface area (Å²) in [4.78, 5) is 25.4. The van der Waals surface area contributed by atoms with Crippen molar-refractivity contribution in [3.63, 3.8) is 0 Å². The second-order valence-electron chi connectivity index (χ2n) is 4.90. The van der Waals surface area contributed by atoms with E-state index in [1.165, 1.54) is 4.90 Å². The van der Waals surface area contributed by atoms with Crippen LogP contribution in [0.25, 0.3) is 0 Å². The van der Waals surface area contributed by atoms with Gasteiger partial charge in [0, 0.05) is 17.3 Å². The predicted octanol–water partition coefficient (Wildman–Crippen LogP) is 3.30. The first kappa shape index (κ1) is 13.3. The van der Waals surface area contributed by atoms with Crippen LogP contribution in [0.3, 0.4) is 0 Å². The molecular weight excluding hydrogens is 294 g/mol. The van der Waals surface area contributed by atoms with Crippen LogP contribution in [0.15, 0.2) is 28.7 Å². The molecule has 1 fully saturated rings. The topological polar surface area (TPSA) is 37.4 Å². The van der Waals surface area contributed by atoms with E-state index in [1.54, 1.807) is 0 Å². The predicted molar refractivity (Wildman–Crippen MR) is 72.8 cm³/mol. The number of likely N-dealkylation sites (tertiary alicyclic amines) is 1. The fourth-order valence-electron chi connectivity index (χ4n) is 2.35. The average molecular weight is 310 g/mol. The summed E-state index contributed by atoms with van der Waals surface area (Å²) in [7, 11) is 0. The fourth-order valence-corrected chi connectivity index (χ4v) is 2.77. The number of hydrogen-bond acceptors (Lipinski definition) is 2. The summed E-state index contributed by atoms with van der Waals surface area (Å²) >= 11 is 3.41. The van der Waals surface area contributed by atoms with Crippen LogP contribution < -0.4 is 0 Å². The minimum Gasteiger partial charge on any atom is -0.275 e. The van der Waals surface area contributed by atoms with Crippen molar-refractivity contribution in [2.75, 3.05) is 0 Å². The number of carbonyl (C=O) groups excluding carboxylic acids is 2. The molecule has 1 saturated heterocycles. The van der Waals surface area contributed by atoms with Crippen LogP contribution in [0.5, 0.6) is 0 Å². The molecule has 0 N–H and O–H groups in total. The van der Waals surface area contributed by atoms with Crippen molar-refractivity contribution < 1.29 is 9.59 Å². The minimum absolute atomic E-state index is 0.0637. The second-order valence-corrected chi connectivity index (χ2v) is 5.82. The molecule has 0 aliphatic carbocycles. The van der Waals surface area contributed by atoms with Gasteiger partial charge in [-0.1, -0.05) is 35.0 Å². The van der Waals surface area contributed by atoms with Crippen LogP contribution in [0.2, 0.25) is 0 Å². The molecule has 18 heavy (non-hydrogen) atoms. The van der Waals surface area contributed by atoms with Gasteiger partial charge in [-0.3, -0.25) is 14.5 Å². The molecule has 2 amide bonds. The maximum atomic E-state index is 12.0. The van der Waals surface area contributed by atoms with Gasteiger partial charge in [-0.05, 0) is 30.5 Å². The Morgan fingerprint density at radius 3 is 2.44 bits per heavy atom. The number of piperidine rings is 1. The van der Waals surface area contributed by atoms with Gasteiger partial charge in [-0.25, -0.2) is 0 Å². The normalized spacial score (nSPS) is 19.2. The quantitative estimate of drug-likeness (QED) is 0.786. The Kier molecular flexibility index (Phi) is 3.85. The average Bonchev–Trinajstić information content (AvgIpc) is 2.27. The van der Waals surface area contributed by atoms with Crippen molar-refractivity contribution in [1.82, 2.24) is 4.90 Å². The van der Waals surface area contributed by atoms with Crippen molar-refractivity contribution >= 4 is 27.7 Å². The highest BCUT2D eigenvalue weighted by Crippen LogP contribution is 2.29. The summed E-state index contributed by atoms with van der Waals surface area (Å²) in [5.41, 5.74) is 0.973. The minimum atomic E-state index is -0.199. The highest BCUT2D eigenvalue weighted by Gasteiger charge is 2.34. The maximum absolute atomic E-state index is 12.0. The summed E-state index contributed by atoms with van der Waals surface area (Å²) in [6.07, 6.45) is 0.925. The highest BCUT2D eigenvalue weighted by molar-refractivity contribution is 9.10. The zero-order valence-electron chi connectivity index (χ0n) is 10.5. The molecule has 1 aromatic carbocycles. The Morgan fingerprint density at radius 2 is 1.89 bits per heavy atom. The molecule has 3 nitrogen and oxygen atoms in total. The molecule has 0 aromatic heterocycles. The lowest BCUT2D eigenvalue weighted by molar-refractivity contribution is -0.152. The molecule has 0 spiro atoms. The highest BCUT2D eigenvalue weighted by atomic mass is 79.9. The van der Waals surface area contributed by atoms with E-state index in [4.69, 9.17) is 0 Å². The van der Waals surface area contributed by atoms with Gasteiger partial charge in [-0.15, -0.1) is 0 Å². The Hall–Kier alpha value is -1.16. The first-order valence-corrected chi connectivity index (χ1v) is 6.88. The number of nitrogens with zero attached hydrogens (tertiary/aromatic N) is 1. The van der Waals surface area contributed by atoms with E-state index in [9.17, 15) is 9.59 Å². The number of hydrogen-bond donors (Lipinski definition) is 0. The van der Waals surface area contributed by atoms with E-state index >= 15 is 0 Å². The van der Waals surface area contributed by atoms with Crippen molar-refractivity contribution in [3.05, 3.63) is 34.3 Å². The largest absolute Gasteiger partial charge is 0.275 e. The van der Waals surface area contributed by atoms with E-state index in [-0.39, 0.29) is 23.8 Å². The molecule has 0 saturated carbocycles. The van der Waals surface area contributed by atoms with Gasteiger partial charge in [0.25, 0.3) is 0 Å². The van der Waals surface area contributed by atoms with Gasteiger partial charge in [-0.2, -0.15) is 0 Å². The molecular formula is C14H16BrNO2. The second kappa shape index (κ2) is 5.22. The number of carbonyl (C=O) groups is 2. The monoisotopic (exact) mass is 309 g/mol. The van der Waals surface area contributed by atoms with Crippen molar-refractivity contribution in [2.45, 2.75) is 32.7 Å². The Balaban J connectivity index is 2.25. The lowest BCUT2D eigenvalue weighted by atomic mass is 9.95. The van der Waals surface area contributed by atoms with Gasteiger partial charge in [0.05, 0.1) is 6.04 Å². The third kappa shape index (κ3) is 2.64. The number of benzene rings is 1. The van der Waals surface area contributed by atoms with Crippen molar-refractivity contribution in [3.8, 4) is 0 Å². The van der Waals surface area contributed by atoms with Crippen LogP contribution in [-0.4, -0.2) is 16.7 Å². The smallest absolute Gasteiger partial charge is 0.230 e. The number of imide groups is 1. The lowest BCUT2D eigenvalue weighted by Gasteiger charge is -2.33. The summed E-state index contributed by atoms with van der Waals surface area (Å²) in [6, 6.07) is 7.53. The third-order valence-electron chi connectivity index (χ3n) is 3.30. The van der Waals surface area contributed by atoms with Gasteiger partial charge < -0.3 is 0 Å². The maximum Gasteiger partial charge on any atom is 0.230 e. The van der Waals surface area contributed by atoms with Gasteiger partial charge >= 0.3 is 0 Å². The molecule has 1 aliphatic heterocycles. The van der Waals surface area contributed by atoms with E-state index < -0.39 is 0 Å². The molecule has 1 unspecified atom stereocenters. The Morgan fingerprint density at radius 1 is 1.28 bits per heavy atom. The van der Waals surface area contributed by atoms with Crippen LogP contribution in [0, 0.1) is 5.92 Å². The van der Waals surface area contributed by atoms with Crippen LogP contribution in [0.4, 0.5) is 0 Å². The SMILES string of the molecule is CC1CC(=O)N(C(C)c2cccc(Br)c2)C(=O)C1. The summed E-state index contributed by atoms with van der Waals surface area (Å²) in [5, 5.41) is 0. The van der Waals surface area contributed by atoms with E-state index in [0.717, 1.165) is 10.0 Å². The van der Waals surface area contributed by atoms with Gasteiger partial charge in [0.2, 0.25) is 11.8 Å². The third-order valence-corrected chi connectivity index (χ3v) is 3.80. The van der Waals surface area contributed by atoms with E-state index in [0.29, 0.717) is 12.8 Å². The number of amides is 2. The van der Waals surface area contributed by atoms with Crippen LogP contribution >= 0.6 is 15.9 Å². The molecule has 1 aliphatic rings. The zero-order chi connectivity index (χ0) is 13.3. The summed E-state index contributed by atoms with van der Waals surface area (Å²) < 4.78 is 0.956. The van der Waals surface area contributed by atoms with E-state index in [2.05, 4.69) is 15.9 Å². The molecule has 1 atom stereocenters. The molecule has 0 radical (unpaired) electrons. The molecule has 2 rings (SSSR count). The van der Waals surface area contributed by atoms with Crippen LogP contribution in [-0.2, 0) is 9.59 Å². The zero-order valence-corrected chi connectivity index (χ0v) is 12.1. The van der Waals surface area contributed by atoms with Gasteiger partial charge in [0.1, 0.15) is 0 Å². The van der Waals surface area contributed by atoms with Crippen molar-refractivity contribution in [2.24, 2.45) is 5.92 Å². The number of halogens is 1. The Bertz CT molecular complexity index is 468. The lowest BCUT2D eigenvalue weighted by Crippen LogP contribution is -2.44. The molecule has 1 aromatic rings. The Labute approximate surface area is 115 Å². The summed E-state index contributed by atoms with van der Waals surface area (Å²) in [6.45, 7) is 3.84. The molecule has 96 valence electrons. The first-order chi connectivity index (χ1) is 8.49. The fraction of sp³-hybridized carbons (Fsp3) is 0.429.